The van der Waals surface area contributed by atoms with E-state index in [1.54, 1.807) is 25.1 Å². The number of hydrogen-bond donors (Lipinski definition) is 8. The van der Waals surface area contributed by atoms with Gasteiger partial charge in [0, 0.05) is 47.1 Å². The zero-order valence-corrected chi connectivity index (χ0v) is 33.0. The van der Waals surface area contributed by atoms with Crippen molar-refractivity contribution in [2.75, 3.05) is 5.32 Å². The summed E-state index contributed by atoms with van der Waals surface area (Å²) in [5.41, 5.74) is 0.965. The molecule has 0 amide bonds. The molecule has 8 bridgehead atoms. The van der Waals surface area contributed by atoms with E-state index in [4.69, 9.17) is 0 Å². The van der Waals surface area contributed by atoms with Crippen molar-refractivity contribution < 1.29 is 65.9 Å². The summed E-state index contributed by atoms with van der Waals surface area (Å²) in [4.78, 5) is 0. The molecule has 0 radical (unpaired) electrons. The lowest BCUT2D eigenvalue weighted by atomic mass is 9.71. The lowest BCUT2D eigenvalue weighted by Crippen LogP contribution is -2.63. The van der Waals surface area contributed by atoms with E-state index in [2.05, 4.69) is 42.5 Å². The van der Waals surface area contributed by atoms with Gasteiger partial charge >= 0.3 is 0 Å². The molecule has 9 aliphatic rings. The Morgan fingerprint density at radius 1 is 0.444 bits per heavy atom. The number of nitrogens with zero attached hydrogens (tertiary/aromatic N) is 1. The number of fused-ring (bicyclic) bond motifs is 20. The standard InChI is InChI=1S/C39H48F15N9/c1-7-3-2-4-8(5-7)55-31-17-14(22(45)29(52)30(31)53)35-57-32-9-6-10(40)18(41)19(42)11(9)33(56-32)61-38-15-16(24(47)28(51)27(50)23(15)46)39(63(38)54)62-36-13-12(34(58-36)59-37(17)60-35)20(43)25(48)26(49)21(13)44/h2-5,9-39,55-62H,6H2,1H3. The third-order valence-corrected chi connectivity index (χ3v) is 15.8. The van der Waals surface area contributed by atoms with Crippen LogP contribution in [0.15, 0.2) is 24.3 Å². The monoisotopic (exact) mass is 927 g/mol. The first-order chi connectivity index (χ1) is 29.9. The number of rotatable bonds is 2. The quantitative estimate of drug-likeness (QED) is 0.166. The molecule has 1 aromatic carbocycles. The van der Waals surface area contributed by atoms with Crippen molar-refractivity contribution in [3.8, 4) is 0 Å². The van der Waals surface area contributed by atoms with E-state index in [1.807, 2.05) is 0 Å². The highest BCUT2D eigenvalue weighted by molar-refractivity contribution is 5.47. The molecule has 354 valence electrons. The largest absolute Gasteiger partial charge is 0.379 e. The molecule has 5 saturated heterocycles. The SMILES string of the molecule is Cc1cccc(NC2C(F)C(F)C(F)C3C4NC5NC(NC6C7C(F)C(F)C(F)C(F)C7C(NC7NC(NC(N4)C23)C2C(F)C(F)C(F)C(F)C72)N6F)C2C(F)C(F)C(F)CC52)c1. The molecule has 1 aromatic rings. The lowest BCUT2D eigenvalue weighted by molar-refractivity contribution is -0.0974. The Morgan fingerprint density at radius 3 is 1.35 bits per heavy atom. The molecular weight excluding hydrogens is 879 g/mol. The maximum atomic E-state index is 17.0. The molecular formula is C39H48F15N9. The van der Waals surface area contributed by atoms with Crippen molar-refractivity contribution in [3.63, 3.8) is 0 Å². The van der Waals surface area contributed by atoms with Gasteiger partial charge < -0.3 is 5.32 Å². The van der Waals surface area contributed by atoms with Gasteiger partial charge in [0.05, 0.1) is 55.4 Å². The first kappa shape index (κ1) is 44.5. The Kier molecular flexibility index (Phi) is 11.4. The fraction of sp³-hybridized carbons (Fsp3) is 0.846. The summed E-state index contributed by atoms with van der Waals surface area (Å²) in [5.74, 6) is -14.2. The summed E-state index contributed by atoms with van der Waals surface area (Å²) >= 11 is 0. The molecule has 5 heterocycles. The van der Waals surface area contributed by atoms with Crippen molar-refractivity contribution in [2.24, 2.45) is 47.3 Å². The Balaban J connectivity index is 1.10. The van der Waals surface area contributed by atoms with Gasteiger partial charge in [0.2, 0.25) is 0 Å². The molecule has 4 saturated carbocycles. The number of benzene rings is 1. The number of hydrogen-bond acceptors (Lipinski definition) is 9. The minimum Gasteiger partial charge on any atom is -0.379 e. The van der Waals surface area contributed by atoms with E-state index >= 15 is 65.9 Å². The summed E-state index contributed by atoms with van der Waals surface area (Å²) in [6.45, 7) is 1.71. The topological polar surface area (TPSA) is 99.5 Å². The molecule has 31 atom stereocenters. The summed E-state index contributed by atoms with van der Waals surface area (Å²) in [6, 6.07) is 4.82. The average Bonchev–Trinajstić information content (AvgIpc) is 3.97. The maximum absolute atomic E-state index is 17.0. The van der Waals surface area contributed by atoms with Gasteiger partial charge in [-0.15, -0.1) is 9.60 Å². The number of anilines is 1. The molecule has 0 aromatic heterocycles. The third-order valence-electron chi connectivity index (χ3n) is 15.8. The Bertz CT molecular complexity index is 1840. The molecule has 8 N–H and O–H groups in total. The van der Waals surface area contributed by atoms with Gasteiger partial charge in [-0.1, -0.05) is 12.1 Å². The minimum atomic E-state index is -3.16. The highest BCUT2D eigenvalue weighted by Crippen LogP contribution is 2.52. The zero-order chi connectivity index (χ0) is 44.8. The van der Waals surface area contributed by atoms with Crippen molar-refractivity contribution in [2.45, 2.75) is 155 Å². The predicted octanol–water partition coefficient (Wildman–Crippen LogP) is 3.87. The van der Waals surface area contributed by atoms with E-state index in [0.29, 0.717) is 5.56 Å². The van der Waals surface area contributed by atoms with Crippen LogP contribution in [0.3, 0.4) is 0 Å². The average molecular weight is 928 g/mol. The second-order valence-electron chi connectivity index (χ2n) is 19.0. The summed E-state index contributed by atoms with van der Waals surface area (Å²) in [6.07, 6.45) is -54.7. The summed E-state index contributed by atoms with van der Waals surface area (Å²) < 4.78 is 237. The molecule has 4 aliphatic carbocycles. The fourth-order valence-corrected chi connectivity index (χ4v) is 13.0. The summed E-state index contributed by atoms with van der Waals surface area (Å²) in [7, 11) is 0. The van der Waals surface area contributed by atoms with Crippen LogP contribution in [-0.4, -0.2) is 147 Å². The van der Waals surface area contributed by atoms with Crippen LogP contribution in [0.5, 0.6) is 0 Å². The van der Waals surface area contributed by atoms with Crippen LogP contribution in [-0.2, 0) is 0 Å². The molecule has 10 rings (SSSR count). The highest BCUT2D eigenvalue weighted by Gasteiger charge is 2.69. The smallest absolute Gasteiger partial charge is 0.165 e. The molecule has 63 heavy (non-hydrogen) atoms. The van der Waals surface area contributed by atoms with Gasteiger partial charge in [0.25, 0.3) is 0 Å². The third kappa shape index (κ3) is 6.73. The number of aryl methyl sites for hydroxylation is 1. The first-order valence-corrected chi connectivity index (χ1v) is 21.5. The molecule has 9 fully saturated rings. The van der Waals surface area contributed by atoms with Crippen molar-refractivity contribution >= 4 is 5.69 Å². The van der Waals surface area contributed by atoms with Gasteiger partial charge in [0.1, 0.15) is 43.2 Å². The van der Waals surface area contributed by atoms with Gasteiger partial charge in [-0.2, -0.15) is 0 Å². The Hall–Kier alpha value is -2.35. The van der Waals surface area contributed by atoms with Gasteiger partial charge in [-0.05, 0) is 37.0 Å². The second kappa shape index (κ2) is 16.2. The van der Waals surface area contributed by atoms with E-state index in [9.17, 15) is 0 Å². The van der Waals surface area contributed by atoms with E-state index < -0.39 is 196 Å². The summed E-state index contributed by atoms with van der Waals surface area (Å²) in [5, 5.41) is 22.1. The number of halogens is 15. The lowest BCUT2D eigenvalue weighted by Gasteiger charge is -2.45. The van der Waals surface area contributed by atoms with Crippen molar-refractivity contribution in [1.82, 2.24) is 42.3 Å². The van der Waals surface area contributed by atoms with Crippen LogP contribution in [0, 0.1) is 54.3 Å². The molecule has 0 spiro atoms. The molecule has 24 heteroatoms. The van der Waals surface area contributed by atoms with Crippen LogP contribution in [0.25, 0.3) is 0 Å². The van der Waals surface area contributed by atoms with E-state index in [-0.39, 0.29) is 10.8 Å². The number of alkyl halides is 14. The second-order valence-corrected chi connectivity index (χ2v) is 19.0. The van der Waals surface area contributed by atoms with Crippen molar-refractivity contribution in [3.05, 3.63) is 29.8 Å². The van der Waals surface area contributed by atoms with Crippen LogP contribution >= 0.6 is 0 Å². The van der Waals surface area contributed by atoms with E-state index in [0.717, 1.165) is 0 Å². The molecule has 31 unspecified atom stereocenters. The zero-order valence-electron chi connectivity index (χ0n) is 33.0. The van der Waals surface area contributed by atoms with Crippen molar-refractivity contribution in [1.29, 1.82) is 0 Å². The van der Waals surface area contributed by atoms with E-state index in [1.165, 1.54) is 6.07 Å². The maximum Gasteiger partial charge on any atom is 0.165 e. The predicted molar refractivity (Wildman–Crippen MR) is 195 cm³/mol. The van der Waals surface area contributed by atoms with Gasteiger partial charge in [0.15, 0.2) is 43.2 Å². The Morgan fingerprint density at radius 2 is 0.841 bits per heavy atom. The fourth-order valence-electron chi connectivity index (χ4n) is 13.0. The highest BCUT2D eigenvalue weighted by atomic mass is 19.2. The molecule has 9 nitrogen and oxygen atoms in total. The Labute approximate surface area is 351 Å². The van der Waals surface area contributed by atoms with Crippen LogP contribution in [0.4, 0.5) is 71.6 Å². The normalized spacial score (nSPS) is 59.0. The van der Waals surface area contributed by atoms with Crippen LogP contribution in [0.1, 0.15) is 12.0 Å². The van der Waals surface area contributed by atoms with Crippen LogP contribution in [0.2, 0.25) is 0 Å². The minimum absolute atomic E-state index is 0.275. The van der Waals surface area contributed by atoms with Crippen LogP contribution < -0.4 is 42.5 Å². The first-order valence-electron chi connectivity index (χ1n) is 21.5. The van der Waals surface area contributed by atoms with Gasteiger partial charge in [-0.3, -0.25) is 37.2 Å². The number of nitrogens with one attached hydrogen (secondary N) is 8. The molecule has 5 aliphatic heterocycles. The van der Waals surface area contributed by atoms with Gasteiger partial charge in [-0.25, -0.2) is 61.5 Å².